The number of nitrogens with zero attached hydrogens (tertiary/aromatic N) is 7. The van der Waals surface area contributed by atoms with Gasteiger partial charge >= 0.3 is 0 Å². The topological polar surface area (TPSA) is 150 Å². The van der Waals surface area contributed by atoms with Crippen LogP contribution in [0.1, 0.15) is 48.1 Å². The van der Waals surface area contributed by atoms with Crippen molar-refractivity contribution in [2.24, 2.45) is 12.5 Å². The molecule has 2 saturated heterocycles. The van der Waals surface area contributed by atoms with E-state index in [-0.39, 0.29) is 22.7 Å². The number of hydrogen-bond donors (Lipinski definition) is 3. The van der Waals surface area contributed by atoms with Gasteiger partial charge in [-0.25, -0.2) is 9.97 Å². The summed E-state index contributed by atoms with van der Waals surface area (Å²) in [6.45, 7) is 11.6. The average molecular weight is 732 g/mol. The lowest BCUT2D eigenvalue weighted by Crippen LogP contribution is -2.56. The molecule has 0 radical (unpaired) electrons. The summed E-state index contributed by atoms with van der Waals surface area (Å²) in [6.07, 6.45) is 5.07. The minimum Gasteiger partial charge on any atom is -0.392 e. The Hall–Kier alpha value is -5.49. The van der Waals surface area contributed by atoms with Crippen LogP contribution in [0.2, 0.25) is 0 Å². The zero-order valence-electron chi connectivity index (χ0n) is 31.1. The highest BCUT2D eigenvalue weighted by molar-refractivity contribution is 6.07. The predicted octanol–water partition coefficient (Wildman–Crippen LogP) is 3.15. The second kappa shape index (κ2) is 14.1. The second-order valence-corrected chi connectivity index (χ2v) is 15.2. The summed E-state index contributed by atoms with van der Waals surface area (Å²) < 4.78 is 8.95. The van der Waals surface area contributed by atoms with Gasteiger partial charge in [0.1, 0.15) is 11.5 Å². The average Bonchev–Trinajstić information content (AvgIpc) is 3.62. The third-order valence-electron chi connectivity index (χ3n) is 11.0. The van der Waals surface area contributed by atoms with Gasteiger partial charge in [0.25, 0.3) is 17.4 Å². The van der Waals surface area contributed by atoms with E-state index in [0.29, 0.717) is 58.8 Å². The van der Waals surface area contributed by atoms with Crippen molar-refractivity contribution >= 4 is 40.5 Å². The van der Waals surface area contributed by atoms with Crippen molar-refractivity contribution in [3.05, 3.63) is 75.6 Å². The molecule has 8 rings (SSSR count). The lowest BCUT2D eigenvalue weighted by atomic mass is 9.90. The fraction of sp³-hybridized carbons (Fsp3) is 0.425. The third kappa shape index (κ3) is 6.52. The maximum atomic E-state index is 13.9. The van der Waals surface area contributed by atoms with Gasteiger partial charge in [0, 0.05) is 81.2 Å². The number of anilines is 5. The molecule has 280 valence electrons. The molecule has 4 aromatic rings. The van der Waals surface area contributed by atoms with Crippen LogP contribution < -0.4 is 26.0 Å². The fourth-order valence-electron chi connectivity index (χ4n) is 8.20. The fourth-order valence-corrected chi connectivity index (χ4v) is 8.20. The zero-order valence-corrected chi connectivity index (χ0v) is 31.1. The monoisotopic (exact) mass is 731 g/mol. The number of aliphatic hydroxyl groups excluding tert-OH is 1. The molecule has 2 fully saturated rings. The number of aliphatic hydroxyl groups is 1. The maximum absolute atomic E-state index is 13.9. The molecule has 6 heterocycles. The number of carbonyl (C=O) groups excluding carboxylic acids is 2. The van der Waals surface area contributed by atoms with E-state index >= 15 is 0 Å². The Bertz CT molecular complexity index is 2270. The molecule has 3 aromatic heterocycles. The summed E-state index contributed by atoms with van der Waals surface area (Å²) in [4.78, 5) is 55.7. The van der Waals surface area contributed by atoms with Gasteiger partial charge in [-0.15, -0.1) is 0 Å². The van der Waals surface area contributed by atoms with Crippen LogP contribution >= 0.6 is 0 Å². The first kappa shape index (κ1) is 35.5. The summed E-state index contributed by atoms with van der Waals surface area (Å²) in [5, 5.41) is 16.8. The zero-order chi connectivity index (χ0) is 37.7. The van der Waals surface area contributed by atoms with Gasteiger partial charge in [0.05, 0.1) is 42.9 Å². The lowest BCUT2D eigenvalue weighted by Gasteiger charge is -2.43. The molecule has 3 N–H and O–H groups in total. The minimum absolute atomic E-state index is 0.0521. The van der Waals surface area contributed by atoms with Crippen LogP contribution in [-0.4, -0.2) is 92.9 Å². The Morgan fingerprint density at radius 1 is 1.06 bits per heavy atom. The summed E-state index contributed by atoms with van der Waals surface area (Å²) >= 11 is 0. The molecular formula is C40H45N9O5. The van der Waals surface area contributed by atoms with Crippen LogP contribution in [0.4, 0.5) is 28.7 Å². The molecule has 4 aliphatic rings. The van der Waals surface area contributed by atoms with Crippen LogP contribution in [0.15, 0.2) is 47.5 Å². The lowest BCUT2D eigenvalue weighted by molar-refractivity contribution is -0.111. The maximum Gasteiger partial charge on any atom is 0.300 e. The van der Waals surface area contributed by atoms with Gasteiger partial charge in [-0.2, -0.15) is 0 Å². The summed E-state index contributed by atoms with van der Waals surface area (Å²) in [5.41, 5.74) is 6.27. The third-order valence-corrected chi connectivity index (χ3v) is 11.0. The van der Waals surface area contributed by atoms with Crippen molar-refractivity contribution in [1.82, 2.24) is 24.0 Å². The van der Waals surface area contributed by atoms with Crippen LogP contribution in [0.5, 0.6) is 0 Å². The van der Waals surface area contributed by atoms with Crippen LogP contribution in [-0.2, 0) is 42.6 Å². The van der Waals surface area contributed by atoms with E-state index in [0.717, 1.165) is 57.9 Å². The Morgan fingerprint density at radius 3 is 2.57 bits per heavy atom. The summed E-state index contributed by atoms with van der Waals surface area (Å²) in [6, 6.07) is 9.77. The number of fused-ring (bicyclic) bond motifs is 3. The number of rotatable bonds is 8. The van der Waals surface area contributed by atoms with Crippen molar-refractivity contribution in [1.29, 1.82) is 0 Å². The molecule has 0 saturated carbocycles. The Kier molecular flexibility index (Phi) is 9.25. The number of benzene rings is 1. The number of aryl methyl sites for hydroxylation is 1. The van der Waals surface area contributed by atoms with Gasteiger partial charge < -0.3 is 34.5 Å². The number of hydrogen-bond acceptors (Lipinski definition) is 10. The predicted molar refractivity (Wildman–Crippen MR) is 206 cm³/mol. The number of carbonyl (C=O) groups is 2. The van der Waals surface area contributed by atoms with Gasteiger partial charge in [0.2, 0.25) is 0 Å². The van der Waals surface area contributed by atoms with Gasteiger partial charge in [0.15, 0.2) is 5.82 Å². The molecule has 0 bridgehead atoms. The summed E-state index contributed by atoms with van der Waals surface area (Å²) in [5.74, 6) is 5.03. The van der Waals surface area contributed by atoms with Crippen molar-refractivity contribution in [2.75, 3.05) is 66.4 Å². The highest BCUT2D eigenvalue weighted by Crippen LogP contribution is 2.40. The first-order chi connectivity index (χ1) is 26.0. The second-order valence-electron chi connectivity index (χ2n) is 15.2. The van der Waals surface area contributed by atoms with E-state index in [4.69, 9.17) is 9.72 Å². The van der Waals surface area contributed by atoms with Crippen LogP contribution in [0.3, 0.4) is 0 Å². The smallest absolute Gasteiger partial charge is 0.300 e. The first-order valence-electron chi connectivity index (χ1n) is 18.4. The number of amides is 2. The highest BCUT2D eigenvalue weighted by Gasteiger charge is 2.38. The molecule has 14 heteroatoms. The van der Waals surface area contributed by atoms with Crippen molar-refractivity contribution < 1.29 is 19.4 Å². The van der Waals surface area contributed by atoms with Crippen molar-refractivity contribution in [2.45, 2.75) is 52.8 Å². The molecule has 2 amide bonds. The van der Waals surface area contributed by atoms with Crippen molar-refractivity contribution in [3.63, 3.8) is 0 Å². The molecule has 1 aliphatic carbocycles. The minimum atomic E-state index is -0.435. The molecule has 14 nitrogen and oxygen atoms in total. The van der Waals surface area contributed by atoms with Gasteiger partial charge in [-0.1, -0.05) is 19.8 Å². The van der Waals surface area contributed by atoms with E-state index in [1.54, 1.807) is 43.4 Å². The molecule has 54 heavy (non-hydrogen) atoms. The van der Waals surface area contributed by atoms with Crippen LogP contribution in [0, 0.1) is 17.3 Å². The molecule has 0 spiro atoms. The molecule has 0 unspecified atom stereocenters. The van der Waals surface area contributed by atoms with Crippen molar-refractivity contribution in [3.8, 4) is 23.1 Å². The molecular weight excluding hydrogens is 686 g/mol. The number of pyridine rings is 1. The standard InChI is InChI=1S/C40H45N9O5/c1-5-6-35(51)43-30-18-26(7-8-32(30)47-13-11-46(12-14-47)27-23-54-24-27)42-36-39(53)45(4)21-31(44-36)28-9-10-41-37(29(28)22-50)49-16-15-48-33(38(49)52)17-25-19-40(2,3)20-34(25)48/h7-10,17-18,21,27,50H,11-16,19-20,22-24H2,1-4H3,(H,42,44)(H,43,51). The highest BCUT2D eigenvalue weighted by atomic mass is 16.5. The Balaban J connectivity index is 1.08. The SMILES string of the molecule is CC#CC(=O)Nc1cc(Nc2nc(-c3ccnc(N4CCn5c(cc6c5CC(C)(C)C6)C4=O)c3CO)cn(C)c2=O)ccc1N1CCN(C2COC2)CC1. The molecule has 3 aliphatic heterocycles. The largest absolute Gasteiger partial charge is 0.392 e. The number of piperazine rings is 1. The Morgan fingerprint density at radius 2 is 1.85 bits per heavy atom. The van der Waals surface area contributed by atoms with Crippen LogP contribution in [0.25, 0.3) is 11.3 Å². The van der Waals surface area contributed by atoms with E-state index in [1.165, 1.54) is 15.8 Å². The van der Waals surface area contributed by atoms with Gasteiger partial charge in [-0.05, 0) is 67.0 Å². The molecule has 1 aromatic carbocycles. The van der Waals surface area contributed by atoms with E-state index in [1.807, 2.05) is 18.2 Å². The molecule has 0 atom stereocenters. The quantitative estimate of drug-likeness (QED) is 0.231. The normalized spacial score (nSPS) is 18.1. The number of ether oxygens (including phenoxy) is 1. The number of aromatic nitrogens is 4. The van der Waals surface area contributed by atoms with E-state index in [9.17, 15) is 19.5 Å². The number of nitrogens with one attached hydrogen (secondary N) is 2. The first-order valence-corrected chi connectivity index (χ1v) is 18.4. The summed E-state index contributed by atoms with van der Waals surface area (Å²) in [7, 11) is 1.63. The Labute approximate surface area is 313 Å². The van der Waals surface area contributed by atoms with E-state index in [2.05, 4.69) is 55.7 Å². The van der Waals surface area contributed by atoms with E-state index < -0.39 is 12.5 Å². The van der Waals surface area contributed by atoms with Gasteiger partial charge in [-0.3, -0.25) is 24.2 Å².